The van der Waals surface area contributed by atoms with Gasteiger partial charge in [-0.15, -0.1) is 11.3 Å². The molecular formula is C18H17FN2O2S. The van der Waals surface area contributed by atoms with Crippen molar-refractivity contribution < 1.29 is 13.6 Å². The molecule has 0 aliphatic carbocycles. The van der Waals surface area contributed by atoms with Crippen molar-refractivity contribution in [3.8, 4) is 0 Å². The van der Waals surface area contributed by atoms with E-state index in [0.717, 1.165) is 16.2 Å². The normalized spacial score (nSPS) is 10.5. The van der Waals surface area contributed by atoms with Crippen LogP contribution in [-0.4, -0.2) is 10.9 Å². The number of furan rings is 1. The van der Waals surface area contributed by atoms with Gasteiger partial charge in [0, 0.05) is 11.4 Å². The van der Waals surface area contributed by atoms with E-state index in [0.29, 0.717) is 19.6 Å². The summed E-state index contributed by atoms with van der Waals surface area (Å²) in [7, 11) is 0. The monoisotopic (exact) mass is 344 g/mol. The van der Waals surface area contributed by atoms with Gasteiger partial charge < -0.3 is 14.6 Å². The number of benzene rings is 1. The topological polar surface area (TPSA) is 45.5 Å². The number of carbonyl (C=O) groups excluding carboxylic acids is 1. The molecule has 0 atom stereocenters. The number of nitrogens with one attached hydrogen (secondary N) is 1. The molecule has 0 bridgehead atoms. The van der Waals surface area contributed by atoms with E-state index in [1.54, 1.807) is 40.7 Å². The molecule has 0 radical (unpaired) electrons. The summed E-state index contributed by atoms with van der Waals surface area (Å²) in [5.74, 6) is 0.436. The summed E-state index contributed by atoms with van der Waals surface area (Å²) < 4.78 is 18.3. The number of hydrogen-bond acceptors (Lipinski definition) is 3. The molecule has 0 saturated carbocycles. The second kappa shape index (κ2) is 7.79. The minimum atomic E-state index is -0.290. The zero-order valence-electron chi connectivity index (χ0n) is 12.9. The summed E-state index contributed by atoms with van der Waals surface area (Å²) in [5, 5.41) is 4.85. The molecule has 1 aromatic carbocycles. The van der Waals surface area contributed by atoms with E-state index in [4.69, 9.17) is 4.42 Å². The van der Waals surface area contributed by atoms with Crippen LogP contribution in [0.15, 0.2) is 64.6 Å². The van der Waals surface area contributed by atoms with Crippen molar-refractivity contribution >= 4 is 17.4 Å². The third-order valence-corrected chi connectivity index (χ3v) is 4.36. The molecule has 3 aromatic rings. The second-order valence-electron chi connectivity index (χ2n) is 5.30. The third kappa shape index (κ3) is 4.45. The Kier molecular flexibility index (Phi) is 5.28. The molecule has 24 heavy (non-hydrogen) atoms. The first-order chi connectivity index (χ1) is 11.7. The average Bonchev–Trinajstić information content (AvgIpc) is 3.27. The molecule has 4 nitrogen and oxygen atoms in total. The highest BCUT2D eigenvalue weighted by molar-refractivity contribution is 7.09. The van der Waals surface area contributed by atoms with Crippen molar-refractivity contribution in [2.45, 2.75) is 19.6 Å². The molecule has 0 aliphatic rings. The quantitative estimate of drug-likeness (QED) is 0.721. The summed E-state index contributed by atoms with van der Waals surface area (Å²) in [5.41, 5.74) is 0.846. The standard InChI is InChI=1S/C18H17FN2O2S/c19-15-7-5-14(6-8-15)11-20-18(22)21(12-16-3-1-9-23-16)13-17-4-2-10-24-17/h1-10H,11-13H2,(H,20,22). The van der Waals surface area contributed by atoms with Crippen molar-refractivity contribution in [3.63, 3.8) is 0 Å². The molecular weight excluding hydrogens is 327 g/mol. The Balaban J connectivity index is 1.64. The van der Waals surface area contributed by atoms with Crippen LogP contribution in [0.25, 0.3) is 0 Å². The van der Waals surface area contributed by atoms with Gasteiger partial charge >= 0.3 is 6.03 Å². The number of nitrogens with zero attached hydrogens (tertiary/aromatic N) is 1. The van der Waals surface area contributed by atoms with Crippen molar-refractivity contribution in [2.75, 3.05) is 0 Å². The lowest BCUT2D eigenvalue weighted by molar-refractivity contribution is 0.187. The predicted octanol–water partition coefficient (Wildman–Crippen LogP) is 4.39. The minimum Gasteiger partial charge on any atom is -0.467 e. The molecule has 124 valence electrons. The van der Waals surface area contributed by atoms with Gasteiger partial charge in [-0.2, -0.15) is 0 Å². The SMILES string of the molecule is O=C(NCc1ccc(F)cc1)N(Cc1ccco1)Cc1cccs1. The van der Waals surface area contributed by atoms with Crippen molar-refractivity contribution in [1.29, 1.82) is 0 Å². The Morgan fingerprint density at radius 3 is 2.62 bits per heavy atom. The Morgan fingerprint density at radius 2 is 1.96 bits per heavy atom. The van der Waals surface area contributed by atoms with Gasteiger partial charge in [0.2, 0.25) is 0 Å². The summed E-state index contributed by atoms with van der Waals surface area (Å²) in [6, 6.07) is 13.5. The lowest BCUT2D eigenvalue weighted by Crippen LogP contribution is -2.38. The summed E-state index contributed by atoms with van der Waals surface area (Å²) in [6.45, 7) is 1.24. The van der Waals surface area contributed by atoms with E-state index in [9.17, 15) is 9.18 Å². The van der Waals surface area contributed by atoms with Gasteiger partial charge in [-0.3, -0.25) is 0 Å². The molecule has 2 amide bonds. The largest absolute Gasteiger partial charge is 0.467 e. The average molecular weight is 344 g/mol. The van der Waals surface area contributed by atoms with Crippen molar-refractivity contribution in [3.05, 3.63) is 82.2 Å². The van der Waals surface area contributed by atoms with Crippen LogP contribution >= 0.6 is 11.3 Å². The molecule has 0 spiro atoms. The molecule has 2 heterocycles. The third-order valence-electron chi connectivity index (χ3n) is 3.50. The number of amides is 2. The molecule has 0 fully saturated rings. The van der Waals surface area contributed by atoms with Crippen molar-refractivity contribution in [2.24, 2.45) is 0 Å². The summed E-state index contributed by atoms with van der Waals surface area (Å²) in [4.78, 5) is 15.3. The number of halogens is 1. The lowest BCUT2D eigenvalue weighted by atomic mass is 10.2. The van der Waals surface area contributed by atoms with Crippen LogP contribution in [0.3, 0.4) is 0 Å². The highest BCUT2D eigenvalue weighted by atomic mass is 32.1. The highest BCUT2D eigenvalue weighted by Crippen LogP contribution is 2.15. The molecule has 0 aliphatic heterocycles. The fraction of sp³-hybridized carbons (Fsp3) is 0.167. The number of thiophene rings is 1. The van der Waals surface area contributed by atoms with E-state index in [1.165, 1.54) is 12.1 Å². The molecule has 2 aromatic heterocycles. The smallest absolute Gasteiger partial charge is 0.318 e. The van der Waals surface area contributed by atoms with Gasteiger partial charge in [-0.1, -0.05) is 18.2 Å². The van der Waals surface area contributed by atoms with E-state index in [-0.39, 0.29) is 11.8 Å². The number of carbonyl (C=O) groups is 1. The fourth-order valence-electron chi connectivity index (χ4n) is 2.27. The van der Waals surface area contributed by atoms with E-state index >= 15 is 0 Å². The molecule has 0 saturated heterocycles. The van der Waals surface area contributed by atoms with E-state index < -0.39 is 0 Å². The van der Waals surface area contributed by atoms with Gasteiger partial charge in [0.15, 0.2) is 0 Å². The van der Waals surface area contributed by atoms with Gasteiger partial charge in [0.25, 0.3) is 0 Å². The van der Waals surface area contributed by atoms with Crippen LogP contribution in [0.4, 0.5) is 9.18 Å². The molecule has 6 heteroatoms. The first-order valence-electron chi connectivity index (χ1n) is 7.53. The van der Waals surface area contributed by atoms with Crippen LogP contribution in [0.2, 0.25) is 0 Å². The molecule has 0 unspecified atom stereocenters. The maximum atomic E-state index is 12.9. The Hall–Kier alpha value is -2.60. The van der Waals surface area contributed by atoms with Gasteiger partial charge in [-0.25, -0.2) is 9.18 Å². The number of hydrogen-bond donors (Lipinski definition) is 1. The fourth-order valence-corrected chi connectivity index (χ4v) is 2.99. The van der Waals surface area contributed by atoms with Crippen LogP contribution in [0.1, 0.15) is 16.2 Å². The van der Waals surface area contributed by atoms with Gasteiger partial charge in [-0.05, 0) is 41.3 Å². The zero-order chi connectivity index (χ0) is 16.8. The number of rotatable bonds is 6. The Morgan fingerprint density at radius 1 is 1.12 bits per heavy atom. The first-order valence-corrected chi connectivity index (χ1v) is 8.40. The zero-order valence-corrected chi connectivity index (χ0v) is 13.8. The highest BCUT2D eigenvalue weighted by Gasteiger charge is 2.16. The first kappa shape index (κ1) is 16.3. The van der Waals surface area contributed by atoms with E-state index in [1.807, 2.05) is 23.6 Å². The maximum Gasteiger partial charge on any atom is 0.318 e. The minimum absolute atomic E-state index is 0.191. The van der Waals surface area contributed by atoms with Crippen LogP contribution in [-0.2, 0) is 19.6 Å². The Bertz CT molecular complexity index is 719. The maximum absolute atomic E-state index is 12.9. The van der Waals surface area contributed by atoms with Crippen LogP contribution < -0.4 is 5.32 Å². The summed E-state index contributed by atoms with van der Waals surface area (Å²) in [6.07, 6.45) is 1.59. The summed E-state index contributed by atoms with van der Waals surface area (Å²) >= 11 is 1.60. The van der Waals surface area contributed by atoms with E-state index in [2.05, 4.69) is 5.32 Å². The van der Waals surface area contributed by atoms with Gasteiger partial charge in [0.05, 0.1) is 19.4 Å². The predicted molar refractivity (Wildman–Crippen MR) is 90.9 cm³/mol. The van der Waals surface area contributed by atoms with Crippen LogP contribution in [0.5, 0.6) is 0 Å². The molecule has 3 rings (SSSR count). The number of urea groups is 1. The molecule has 1 N–H and O–H groups in total. The second-order valence-corrected chi connectivity index (χ2v) is 6.33. The lowest BCUT2D eigenvalue weighted by Gasteiger charge is -2.21. The Labute approximate surface area is 143 Å². The van der Waals surface area contributed by atoms with Gasteiger partial charge in [0.1, 0.15) is 11.6 Å². The van der Waals surface area contributed by atoms with Crippen LogP contribution in [0, 0.1) is 5.82 Å². The van der Waals surface area contributed by atoms with Crippen molar-refractivity contribution in [1.82, 2.24) is 10.2 Å².